The van der Waals surface area contributed by atoms with E-state index in [9.17, 15) is 5.11 Å². The molecule has 0 radical (unpaired) electrons. The summed E-state index contributed by atoms with van der Waals surface area (Å²) in [7, 11) is 1.56. The van der Waals surface area contributed by atoms with Crippen LogP contribution in [-0.2, 0) is 6.54 Å². The van der Waals surface area contributed by atoms with Crippen molar-refractivity contribution in [3.63, 3.8) is 0 Å². The minimum absolute atomic E-state index is 0.168. The van der Waals surface area contributed by atoms with E-state index in [0.29, 0.717) is 27.9 Å². The smallest absolute Gasteiger partial charge is 0.139 e. The molecule has 19 heavy (non-hydrogen) atoms. The maximum absolute atomic E-state index is 9.74. The molecule has 5 heteroatoms. The minimum Gasteiger partial charge on any atom is -0.508 e. The molecule has 0 bridgehead atoms. The van der Waals surface area contributed by atoms with Gasteiger partial charge < -0.3 is 15.2 Å². The van der Waals surface area contributed by atoms with Crippen LogP contribution in [0.1, 0.15) is 5.56 Å². The summed E-state index contributed by atoms with van der Waals surface area (Å²) in [4.78, 5) is 0. The van der Waals surface area contributed by atoms with Gasteiger partial charge >= 0.3 is 0 Å². The molecule has 2 aromatic rings. The molecule has 0 spiro atoms. The fourth-order valence-corrected chi connectivity index (χ4v) is 2.11. The molecule has 100 valence electrons. The van der Waals surface area contributed by atoms with Crippen molar-refractivity contribution in [1.29, 1.82) is 0 Å². The van der Waals surface area contributed by atoms with Gasteiger partial charge in [0, 0.05) is 28.9 Å². The Balaban J connectivity index is 2.15. The second kappa shape index (κ2) is 6.04. The largest absolute Gasteiger partial charge is 0.508 e. The van der Waals surface area contributed by atoms with E-state index in [4.69, 9.17) is 27.9 Å². The van der Waals surface area contributed by atoms with Crippen LogP contribution in [0.5, 0.6) is 11.5 Å². The predicted molar refractivity (Wildman–Crippen MR) is 78.4 cm³/mol. The zero-order chi connectivity index (χ0) is 13.8. The first-order chi connectivity index (χ1) is 9.11. The van der Waals surface area contributed by atoms with Gasteiger partial charge in [-0.2, -0.15) is 0 Å². The van der Waals surface area contributed by atoms with Crippen molar-refractivity contribution in [3.8, 4) is 11.5 Å². The van der Waals surface area contributed by atoms with Crippen LogP contribution in [0.25, 0.3) is 0 Å². The van der Waals surface area contributed by atoms with E-state index in [1.165, 1.54) is 0 Å². The molecule has 2 N–H and O–H groups in total. The highest BCUT2D eigenvalue weighted by molar-refractivity contribution is 6.32. The maximum Gasteiger partial charge on any atom is 0.139 e. The topological polar surface area (TPSA) is 41.5 Å². The highest BCUT2D eigenvalue weighted by atomic mass is 35.5. The number of rotatable bonds is 4. The van der Waals surface area contributed by atoms with Crippen molar-refractivity contribution in [1.82, 2.24) is 0 Å². The third kappa shape index (κ3) is 3.25. The van der Waals surface area contributed by atoms with Gasteiger partial charge in [0.2, 0.25) is 0 Å². The van der Waals surface area contributed by atoms with Gasteiger partial charge in [-0.15, -0.1) is 0 Å². The third-order valence-electron chi connectivity index (χ3n) is 2.71. The number of hydrogen-bond acceptors (Lipinski definition) is 3. The molecule has 0 aliphatic heterocycles. The summed E-state index contributed by atoms with van der Waals surface area (Å²) < 4.78 is 5.14. The molecule has 0 unspecified atom stereocenters. The average Bonchev–Trinajstić information content (AvgIpc) is 2.40. The van der Waals surface area contributed by atoms with E-state index in [1.807, 2.05) is 6.07 Å². The van der Waals surface area contributed by atoms with E-state index in [1.54, 1.807) is 37.4 Å². The number of nitrogens with one attached hydrogen (secondary N) is 1. The summed E-state index contributed by atoms with van der Waals surface area (Å²) >= 11 is 12.0. The number of hydrogen-bond donors (Lipinski definition) is 2. The van der Waals surface area contributed by atoms with Crippen LogP contribution in [0.15, 0.2) is 36.4 Å². The lowest BCUT2D eigenvalue weighted by atomic mass is 10.2. The first kappa shape index (κ1) is 13.8. The van der Waals surface area contributed by atoms with Gasteiger partial charge in [-0.3, -0.25) is 0 Å². The van der Waals surface area contributed by atoms with Crippen LogP contribution in [0.2, 0.25) is 10.0 Å². The molecule has 0 fully saturated rings. The van der Waals surface area contributed by atoms with E-state index in [2.05, 4.69) is 5.32 Å². The number of methoxy groups -OCH3 is 1. The minimum atomic E-state index is 0.168. The van der Waals surface area contributed by atoms with Gasteiger partial charge in [0.15, 0.2) is 0 Å². The number of phenolic OH excluding ortho intramolecular Hbond substituents is 1. The molecule has 2 aromatic carbocycles. The maximum atomic E-state index is 9.74. The molecule has 0 aliphatic rings. The van der Waals surface area contributed by atoms with Gasteiger partial charge in [-0.25, -0.2) is 0 Å². The van der Waals surface area contributed by atoms with Gasteiger partial charge in [0.25, 0.3) is 0 Å². The number of benzene rings is 2. The number of aromatic hydroxyl groups is 1. The molecule has 2 rings (SSSR count). The zero-order valence-corrected chi connectivity index (χ0v) is 11.8. The standard InChI is InChI=1S/C14H13Cl2NO2/c1-19-14-7-9(5-6-12(14)16)17-8-10-11(15)3-2-4-13(10)18/h2-7,17-18H,8H2,1H3. The van der Waals surface area contributed by atoms with Crippen LogP contribution in [0.4, 0.5) is 5.69 Å². The van der Waals surface area contributed by atoms with Gasteiger partial charge in [-0.1, -0.05) is 29.3 Å². The Labute approximate surface area is 121 Å². The molecule has 0 atom stereocenters. The number of halogens is 2. The first-order valence-electron chi connectivity index (χ1n) is 5.65. The Kier molecular flexibility index (Phi) is 4.40. The SMILES string of the molecule is COc1cc(NCc2c(O)cccc2Cl)ccc1Cl. The van der Waals surface area contributed by atoms with Crippen molar-refractivity contribution < 1.29 is 9.84 Å². The summed E-state index contributed by atoms with van der Waals surface area (Å²) in [5.74, 6) is 0.760. The van der Waals surface area contributed by atoms with E-state index in [0.717, 1.165) is 5.69 Å². The molecular formula is C14H13Cl2NO2. The fourth-order valence-electron chi connectivity index (χ4n) is 1.68. The molecule has 0 saturated heterocycles. The highest BCUT2D eigenvalue weighted by Crippen LogP contribution is 2.29. The van der Waals surface area contributed by atoms with E-state index < -0.39 is 0 Å². The monoisotopic (exact) mass is 297 g/mol. The summed E-state index contributed by atoms with van der Waals surface area (Å²) in [6, 6.07) is 10.4. The Morgan fingerprint density at radius 3 is 2.63 bits per heavy atom. The van der Waals surface area contributed by atoms with Gasteiger partial charge in [-0.05, 0) is 24.3 Å². The Hall–Kier alpha value is -1.58. The van der Waals surface area contributed by atoms with Crippen LogP contribution < -0.4 is 10.1 Å². The molecule has 3 nitrogen and oxygen atoms in total. The number of phenols is 1. The van der Waals surface area contributed by atoms with Gasteiger partial charge in [0.1, 0.15) is 11.5 Å². The Morgan fingerprint density at radius 1 is 1.16 bits per heavy atom. The third-order valence-corrected chi connectivity index (χ3v) is 3.38. The lowest BCUT2D eigenvalue weighted by Crippen LogP contribution is -2.00. The van der Waals surface area contributed by atoms with Crippen molar-refractivity contribution in [2.24, 2.45) is 0 Å². The molecule has 0 amide bonds. The molecular weight excluding hydrogens is 285 g/mol. The second-order valence-corrected chi connectivity index (χ2v) is 4.75. The molecule has 0 heterocycles. The van der Waals surface area contributed by atoms with Crippen LogP contribution in [-0.4, -0.2) is 12.2 Å². The number of ether oxygens (including phenoxy) is 1. The predicted octanol–water partition coefficient (Wildman–Crippen LogP) is 4.32. The Morgan fingerprint density at radius 2 is 1.95 bits per heavy atom. The van der Waals surface area contributed by atoms with Crippen LogP contribution >= 0.6 is 23.2 Å². The summed E-state index contributed by atoms with van der Waals surface area (Å²) in [5, 5.41) is 14.0. The van der Waals surface area contributed by atoms with Crippen molar-refractivity contribution in [3.05, 3.63) is 52.0 Å². The number of anilines is 1. The highest BCUT2D eigenvalue weighted by Gasteiger charge is 2.07. The molecule has 0 aliphatic carbocycles. The Bertz CT molecular complexity index is 567. The fraction of sp³-hybridized carbons (Fsp3) is 0.143. The zero-order valence-electron chi connectivity index (χ0n) is 10.3. The quantitative estimate of drug-likeness (QED) is 0.883. The first-order valence-corrected chi connectivity index (χ1v) is 6.41. The summed E-state index contributed by atoms with van der Waals surface area (Å²) in [5.41, 5.74) is 1.48. The lowest BCUT2D eigenvalue weighted by molar-refractivity contribution is 0.415. The van der Waals surface area contributed by atoms with Crippen molar-refractivity contribution in [2.75, 3.05) is 12.4 Å². The molecule has 0 aromatic heterocycles. The molecule has 0 saturated carbocycles. The van der Waals surface area contributed by atoms with Crippen molar-refractivity contribution >= 4 is 28.9 Å². The van der Waals surface area contributed by atoms with E-state index >= 15 is 0 Å². The van der Waals surface area contributed by atoms with Crippen LogP contribution in [0.3, 0.4) is 0 Å². The second-order valence-electron chi connectivity index (χ2n) is 3.94. The van der Waals surface area contributed by atoms with Gasteiger partial charge in [0.05, 0.1) is 12.1 Å². The summed E-state index contributed by atoms with van der Waals surface area (Å²) in [6.07, 6.45) is 0. The lowest BCUT2D eigenvalue weighted by Gasteiger charge is -2.11. The van der Waals surface area contributed by atoms with E-state index in [-0.39, 0.29) is 5.75 Å². The van der Waals surface area contributed by atoms with Crippen molar-refractivity contribution in [2.45, 2.75) is 6.54 Å². The summed E-state index contributed by atoms with van der Waals surface area (Å²) in [6.45, 7) is 0.413. The normalized spacial score (nSPS) is 10.3. The average molecular weight is 298 g/mol. The van der Waals surface area contributed by atoms with Crippen LogP contribution in [0, 0.1) is 0 Å².